The minimum atomic E-state index is -0.688. The first-order valence-electron chi connectivity index (χ1n) is 11.4. The molecular weight excluding hydrogens is 643 g/mol. The monoisotopic (exact) mass is 662 g/mol. The molecule has 7 nitrogen and oxygen atoms in total. The maximum Gasteiger partial charge on any atom is 0.294 e. The smallest absolute Gasteiger partial charge is 0.294 e. The SMILES string of the molecule is CCOc1cc(/C=C2\SC(=O)N(CC(=O)Nc3ccccc3F)C2=O)cc(Br)c1OCc1ccc(Br)cc1. The third kappa shape index (κ3) is 6.83. The molecule has 4 rings (SSSR count). The number of carbonyl (C=O) groups is 3. The fraction of sp³-hybridized carbons (Fsp3) is 0.148. The average molecular weight is 664 g/mol. The van der Waals surface area contributed by atoms with E-state index in [0.717, 1.165) is 26.7 Å². The molecule has 0 bridgehead atoms. The van der Waals surface area contributed by atoms with E-state index in [9.17, 15) is 18.8 Å². The molecule has 0 atom stereocenters. The van der Waals surface area contributed by atoms with E-state index in [0.29, 0.717) is 34.7 Å². The van der Waals surface area contributed by atoms with Crippen LogP contribution in [0.2, 0.25) is 0 Å². The van der Waals surface area contributed by atoms with Crippen molar-refractivity contribution in [2.75, 3.05) is 18.5 Å². The van der Waals surface area contributed by atoms with Gasteiger partial charge in [0, 0.05) is 4.47 Å². The van der Waals surface area contributed by atoms with E-state index in [2.05, 4.69) is 37.2 Å². The van der Waals surface area contributed by atoms with E-state index in [-0.39, 0.29) is 10.6 Å². The summed E-state index contributed by atoms with van der Waals surface area (Å²) >= 11 is 7.65. The van der Waals surface area contributed by atoms with Crippen LogP contribution in [-0.2, 0) is 16.2 Å². The van der Waals surface area contributed by atoms with Crippen molar-refractivity contribution in [3.63, 3.8) is 0 Å². The van der Waals surface area contributed by atoms with Crippen molar-refractivity contribution < 1.29 is 28.2 Å². The topological polar surface area (TPSA) is 84.9 Å². The molecule has 11 heteroatoms. The number of halogens is 3. The summed E-state index contributed by atoms with van der Waals surface area (Å²) in [5.41, 5.74) is 1.53. The van der Waals surface area contributed by atoms with Crippen LogP contribution in [0.15, 0.2) is 74.5 Å². The third-order valence-corrected chi connectivity index (χ3v) is 7.27. The number of carbonyl (C=O) groups excluding carboxylic acids is 3. The quantitative estimate of drug-likeness (QED) is 0.248. The number of nitrogens with one attached hydrogen (secondary N) is 1. The van der Waals surface area contributed by atoms with Crippen LogP contribution in [0.5, 0.6) is 11.5 Å². The van der Waals surface area contributed by atoms with Crippen LogP contribution in [0.25, 0.3) is 6.08 Å². The maximum atomic E-state index is 13.8. The van der Waals surface area contributed by atoms with E-state index in [4.69, 9.17) is 9.47 Å². The van der Waals surface area contributed by atoms with Gasteiger partial charge in [-0.1, -0.05) is 40.2 Å². The number of anilines is 1. The Balaban J connectivity index is 1.49. The van der Waals surface area contributed by atoms with E-state index in [1.807, 2.05) is 31.2 Å². The highest BCUT2D eigenvalue weighted by Gasteiger charge is 2.36. The summed E-state index contributed by atoms with van der Waals surface area (Å²) in [4.78, 5) is 38.7. The Morgan fingerprint density at radius 2 is 1.82 bits per heavy atom. The predicted molar refractivity (Wildman–Crippen MR) is 151 cm³/mol. The van der Waals surface area contributed by atoms with Crippen LogP contribution >= 0.6 is 43.6 Å². The van der Waals surface area contributed by atoms with Crippen LogP contribution < -0.4 is 14.8 Å². The van der Waals surface area contributed by atoms with Gasteiger partial charge in [0.25, 0.3) is 11.1 Å². The van der Waals surface area contributed by atoms with Crippen molar-refractivity contribution in [1.29, 1.82) is 0 Å². The second-order valence-electron chi connectivity index (χ2n) is 7.97. The summed E-state index contributed by atoms with van der Waals surface area (Å²) in [6.07, 6.45) is 1.55. The minimum Gasteiger partial charge on any atom is -0.490 e. The van der Waals surface area contributed by atoms with Gasteiger partial charge in [-0.2, -0.15) is 0 Å². The van der Waals surface area contributed by atoms with Crippen molar-refractivity contribution in [3.05, 3.63) is 91.5 Å². The molecular formula is C27H21Br2FN2O5S. The van der Waals surface area contributed by atoms with Crippen molar-refractivity contribution in [2.24, 2.45) is 0 Å². The number of hydrogen-bond acceptors (Lipinski definition) is 6. The lowest BCUT2D eigenvalue weighted by Gasteiger charge is -2.15. The number of benzene rings is 3. The molecule has 1 fully saturated rings. The number of para-hydroxylation sites is 1. The van der Waals surface area contributed by atoms with Crippen LogP contribution in [0, 0.1) is 5.82 Å². The van der Waals surface area contributed by atoms with Gasteiger partial charge in [0.2, 0.25) is 5.91 Å². The summed E-state index contributed by atoms with van der Waals surface area (Å²) in [7, 11) is 0. The molecule has 1 N–H and O–H groups in total. The van der Waals surface area contributed by atoms with E-state index in [1.165, 1.54) is 18.2 Å². The Morgan fingerprint density at radius 3 is 2.53 bits per heavy atom. The zero-order chi connectivity index (χ0) is 27.2. The number of imide groups is 1. The third-order valence-electron chi connectivity index (χ3n) is 5.25. The van der Waals surface area contributed by atoms with Gasteiger partial charge in [-0.15, -0.1) is 0 Å². The molecule has 0 spiro atoms. The zero-order valence-corrected chi connectivity index (χ0v) is 24.0. The highest BCUT2D eigenvalue weighted by atomic mass is 79.9. The largest absolute Gasteiger partial charge is 0.490 e. The number of rotatable bonds is 9. The molecule has 0 aliphatic carbocycles. The Kier molecular flexibility index (Phi) is 9.24. The first-order valence-corrected chi connectivity index (χ1v) is 13.8. The molecule has 1 saturated heterocycles. The molecule has 0 radical (unpaired) electrons. The molecule has 0 saturated carbocycles. The lowest BCUT2D eigenvalue weighted by molar-refractivity contribution is -0.127. The molecule has 3 amide bonds. The van der Waals surface area contributed by atoms with E-state index >= 15 is 0 Å². The Morgan fingerprint density at radius 1 is 1.08 bits per heavy atom. The molecule has 1 aliphatic rings. The average Bonchev–Trinajstić information content (AvgIpc) is 3.13. The molecule has 3 aromatic carbocycles. The van der Waals surface area contributed by atoms with Crippen LogP contribution in [0.4, 0.5) is 14.9 Å². The van der Waals surface area contributed by atoms with Gasteiger partial charge < -0.3 is 14.8 Å². The summed E-state index contributed by atoms with van der Waals surface area (Å²) < 4.78 is 27.2. The zero-order valence-electron chi connectivity index (χ0n) is 20.0. The molecule has 196 valence electrons. The van der Waals surface area contributed by atoms with Gasteiger partial charge in [-0.3, -0.25) is 19.3 Å². The predicted octanol–water partition coefficient (Wildman–Crippen LogP) is 7.00. The number of hydrogen-bond donors (Lipinski definition) is 1. The second kappa shape index (κ2) is 12.6. The highest BCUT2D eigenvalue weighted by molar-refractivity contribution is 9.10. The summed E-state index contributed by atoms with van der Waals surface area (Å²) in [6.45, 7) is 2.02. The first kappa shape index (κ1) is 27.9. The second-order valence-corrected chi connectivity index (χ2v) is 10.7. The van der Waals surface area contributed by atoms with Crippen molar-refractivity contribution in [1.82, 2.24) is 4.90 Å². The van der Waals surface area contributed by atoms with Gasteiger partial charge >= 0.3 is 0 Å². The first-order chi connectivity index (χ1) is 18.2. The fourth-order valence-corrected chi connectivity index (χ4v) is 5.17. The molecule has 0 unspecified atom stereocenters. The highest BCUT2D eigenvalue weighted by Crippen LogP contribution is 2.39. The summed E-state index contributed by atoms with van der Waals surface area (Å²) in [5.74, 6) is -0.950. The Labute approximate surface area is 239 Å². The number of thioether (sulfide) groups is 1. The van der Waals surface area contributed by atoms with Crippen LogP contribution in [-0.4, -0.2) is 35.1 Å². The maximum absolute atomic E-state index is 13.8. The number of nitrogens with zero attached hydrogens (tertiary/aromatic N) is 1. The van der Waals surface area contributed by atoms with E-state index in [1.54, 1.807) is 24.3 Å². The molecule has 0 aromatic heterocycles. The lowest BCUT2D eigenvalue weighted by atomic mass is 10.1. The fourth-order valence-electron chi connectivity index (χ4n) is 3.49. The number of amides is 3. The van der Waals surface area contributed by atoms with Crippen LogP contribution in [0.3, 0.4) is 0 Å². The van der Waals surface area contributed by atoms with Crippen molar-refractivity contribution in [3.8, 4) is 11.5 Å². The molecule has 1 aliphatic heterocycles. The number of ether oxygens (including phenoxy) is 2. The van der Waals surface area contributed by atoms with Crippen molar-refractivity contribution in [2.45, 2.75) is 13.5 Å². The normalized spacial score (nSPS) is 14.2. The molecule has 3 aromatic rings. The Hall–Kier alpha value is -3.15. The van der Waals surface area contributed by atoms with Crippen LogP contribution in [0.1, 0.15) is 18.1 Å². The minimum absolute atomic E-state index is 0.0317. The Bertz CT molecular complexity index is 1420. The lowest BCUT2D eigenvalue weighted by Crippen LogP contribution is -2.36. The summed E-state index contributed by atoms with van der Waals surface area (Å²) in [6, 6.07) is 16.8. The van der Waals surface area contributed by atoms with Gasteiger partial charge in [-0.25, -0.2) is 4.39 Å². The molecule has 1 heterocycles. The summed E-state index contributed by atoms with van der Waals surface area (Å²) in [5, 5.41) is 1.78. The molecule has 38 heavy (non-hydrogen) atoms. The van der Waals surface area contributed by atoms with Gasteiger partial charge in [0.1, 0.15) is 19.0 Å². The standard InChI is InChI=1S/C27H21Br2FN2O5S/c1-2-36-22-12-17(11-19(29)25(22)37-15-16-7-9-18(28)10-8-16)13-23-26(34)32(27(35)38-23)14-24(33)31-21-6-4-3-5-20(21)30/h3-13H,2,14-15H2,1H3,(H,31,33)/b23-13-. The van der Waals surface area contributed by atoms with Gasteiger partial charge in [0.15, 0.2) is 11.5 Å². The van der Waals surface area contributed by atoms with Gasteiger partial charge in [0.05, 0.1) is 21.7 Å². The van der Waals surface area contributed by atoms with E-state index < -0.39 is 29.4 Å². The van der Waals surface area contributed by atoms with Crippen molar-refractivity contribution >= 4 is 72.4 Å². The van der Waals surface area contributed by atoms with Gasteiger partial charge in [-0.05, 0) is 88.2 Å².